The standard InChI is InChI=1S/C25H52NO3P/c1-6-8-9-10-11-12-13-14-15-16-17-18-19-20-21-22-24-29-30(27,28)25(23-7-2)26(3,4)5/h16-17,25H,6-15,18-24H2,1-5H3/p+1. The molecule has 0 heterocycles. The minimum atomic E-state index is -3.57. The summed E-state index contributed by atoms with van der Waals surface area (Å²) in [4.78, 5) is 10.4. The van der Waals surface area contributed by atoms with Crippen molar-refractivity contribution >= 4 is 7.60 Å². The molecule has 0 aromatic rings. The third kappa shape index (κ3) is 16.5. The first-order valence-electron chi connectivity index (χ1n) is 12.7. The van der Waals surface area contributed by atoms with E-state index in [9.17, 15) is 9.46 Å². The number of allylic oxidation sites excluding steroid dienone is 2. The Morgan fingerprint density at radius 1 is 0.767 bits per heavy atom. The summed E-state index contributed by atoms with van der Waals surface area (Å²) < 4.78 is 18.6. The summed E-state index contributed by atoms with van der Waals surface area (Å²) in [6.07, 6.45) is 24.0. The van der Waals surface area contributed by atoms with Gasteiger partial charge in [-0.05, 0) is 38.5 Å². The first-order chi connectivity index (χ1) is 14.3. The van der Waals surface area contributed by atoms with E-state index < -0.39 is 7.60 Å². The van der Waals surface area contributed by atoms with Crippen molar-refractivity contribution in [2.75, 3.05) is 27.7 Å². The summed E-state index contributed by atoms with van der Waals surface area (Å²) in [5.41, 5.74) is 0. The Kier molecular flexibility index (Phi) is 18.3. The second kappa shape index (κ2) is 18.4. The van der Waals surface area contributed by atoms with Crippen LogP contribution in [0.25, 0.3) is 0 Å². The molecule has 0 aromatic heterocycles. The van der Waals surface area contributed by atoms with Crippen molar-refractivity contribution in [1.82, 2.24) is 0 Å². The highest BCUT2D eigenvalue weighted by molar-refractivity contribution is 7.53. The van der Waals surface area contributed by atoms with Crippen LogP contribution in [0.2, 0.25) is 0 Å². The molecule has 30 heavy (non-hydrogen) atoms. The molecule has 0 amide bonds. The fourth-order valence-electron chi connectivity index (χ4n) is 3.88. The molecule has 0 radical (unpaired) electrons. The number of unbranched alkanes of at least 4 members (excludes halogenated alkanes) is 12. The Hall–Kier alpha value is -0.150. The third-order valence-corrected chi connectivity index (χ3v) is 8.01. The van der Waals surface area contributed by atoms with Crippen molar-refractivity contribution in [3.05, 3.63) is 12.2 Å². The van der Waals surface area contributed by atoms with Crippen LogP contribution in [0.4, 0.5) is 0 Å². The highest BCUT2D eigenvalue weighted by Crippen LogP contribution is 2.51. The fourth-order valence-corrected chi connectivity index (χ4v) is 5.90. The minimum absolute atomic E-state index is 0.339. The van der Waals surface area contributed by atoms with E-state index in [0.29, 0.717) is 17.5 Å². The topological polar surface area (TPSA) is 46.5 Å². The maximum atomic E-state index is 12.6. The average Bonchev–Trinajstić information content (AvgIpc) is 2.67. The lowest BCUT2D eigenvalue weighted by Crippen LogP contribution is -2.45. The molecule has 0 aromatic carbocycles. The summed E-state index contributed by atoms with van der Waals surface area (Å²) in [5, 5.41) is 0. The average molecular weight is 447 g/mol. The van der Waals surface area contributed by atoms with Gasteiger partial charge in [0.05, 0.1) is 27.7 Å². The molecule has 4 nitrogen and oxygen atoms in total. The van der Waals surface area contributed by atoms with Gasteiger partial charge in [-0.1, -0.05) is 83.8 Å². The van der Waals surface area contributed by atoms with Gasteiger partial charge in [-0.2, -0.15) is 0 Å². The van der Waals surface area contributed by atoms with Crippen molar-refractivity contribution in [2.45, 2.75) is 122 Å². The second-order valence-corrected chi connectivity index (χ2v) is 11.7. The molecule has 2 unspecified atom stereocenters. The van der Waals surface area contributed by atoms with E-state index in [2.05, 4.69) is 19.1 Å². The highest BCUT2D eigenvalue weighted by Gasteiger charge is 2.41. The van der Waals surface area contributed by atoms with Crippen molar-refractivity contribution in [3.63, 3.8) is 0 Å². The van der Waals surface area contributed by atoms with E-state index in [0.717, 1.165) is 32.1 Å². The molecule has 0 fully saturated rings. The van der Waals surface area contributed by atoms with Crippen LogP contribution < -0.4 is 0 Å². The Morgan fingerprint density at radius 3 is 1.70 bits per heavy atom. The SMILES string of the molecule is CCCCCCCCCCC=CCCCCCCOP(=O)(O)C(CCC)[N+](C)(C)C. The van der Waals surface area contributed by atoms with Gasteiger partial charge < -0.3 is 13.9 Å². The Bertz CT molecular complexity index is 460. The molecule has 0 saturated carbocycles. The smallest absolute Gasteiger partial charge is 0.320 e. The van der Waals surface area contributed by atoms with Crippen LogP contribution in [-0.2, 0) is 9.09 Å². The quantitative estimate of drug-likeness (QED) is 0.0839. The van der Waals surface area contributed by atoms with E-state index in [4.69, 9.17) is 4.52 Å². The fraction of sp³-hybridized carbons (Fsp3) is 0.920. The van der Waals surface area contributed by atoms with E-state index >= 15 is 0 Å². The van der Waals surface area contributed by atoms with Gasteiger partial charge >= 0.3 is 7.60 Å². The summed E-state index contributed by atoms with van der Waals surface area (Å²) in [7, 11) is 2.33. The molecular weight excluding hydrogens is 393 g/mol. The van der Waals surface area contributed by atoms with Gasteiger partial charge in [0, 0.05) is 6.42 Å². The number of hydrogen-bond donors (Lipinski definition) is 1. The van der Waals surface area contributed by atoms with Crippen LogP contribution in [-0.4, -0.2) is 42.9 Å². The summed E-state index contributed by atoms with van der Waals surface area (Å²) >= 11 is 0. The number of hydrogen-bond acceptors (Lipinski definition) is 2. The molecular formula is C25H53NO3P+. The third-order valence-electron chi connectivity index (χ3n) is 5.75. The van der Waals surface area contributed by atoms with Crippen LogP contribution >= 0.6 is 7.60 Å². The van der Waals surface area contributed by atoms with Gasteiger partial charge in [0.25, 0.3) is 0 Å². The molecule has 5 heteroatoms. The van der Waals surface area contributed by atoms with E-state index in [1.54, 1.807) is 0 Å². The van der Waals surface area contributed by atoms with Gasteiger partial charge in [0.2, 0.25) is 0 Å². The molecule has 1 N–H and O–H groups in total. The normalized spacial score (nSPS) is 15.5. The second-order valence-electron chi connectivity index (χ2n) is 9.72. The molecule has 0 rings (SSSR count). The maximum absolute atomic E-state index is 12.6. The lowest BCUT2D eigenvalue weighted by atomic mass is 10.1. The molecule has 0 saturated heterocycles. The first kappa shape index (κ1) is 29.9. The van der Waals surface area contributed by atoms with Gasteiger partial charge in [0.15, 0.2) is 5.78 Å². The summed E-state index contributed by atoms with van der Waals surface area (Å²) in [6, 6.07) is 0. The van der Waals surface area contributed by atoms with Crippen LogP contribution in [0.15, 0.2) is 12.2 Å². The van der Waals surface area contributed by atoms with Gasteiger partial charge in [-0.3, -0.25) is 4.57 Å². The zero-order valence-corrected chi connectivity index (χ0v) is 21.8. The van der Waals surface area contributed by atoms with Crippen LogP contribution in [0.3, 0.4) is 0 Å². The van der Waals surface area contributed by atoms with Crippen molar-refractivity contribution in [3.8, 4) is 0 Å². The van der Waals surface area contributed by atoms with E-state index in [1.165, 1.54) is 64.2 Å². The predicted molar refractivity (Wildman–Crippen MR) is 132 cm³/mol. The van der Waals surface area contributed by atoms with Crippen molar-refractivity contribution in [2.24, 2.45) is 0 Å². The highest BCUT2D eigenvalue weighted by atomic mass is 31.2. The first-order valence-corrected chi connectivity index (χ1v) is 14.3. The summed E-state index contributed by atoms with van der Waals surface area (Å²) in [6.45, 7) is 4.71. The lowest BCUT2D eigenvalue weighted by molar-refractivity contribution is -0.883. The Labute approximate surface area is 188 Å². The maximum Gasteiger partial charge on any atom is 0.385 e. The molecule has 0 aliphatic heterocycles. The predicted octanol–water partition coefficient (Wildman–Crippen LogP) is 8.06. The number of rotatable bonds is 21. The zero-order valence-electron chi connectivity index (χ0n) is 20.9. The van der Waals surface area contributed by atoms with Crippen LogP contribution in [0, 0.1) is 0 Å². The lowest BCUT2D eigenvalue weighted by Gasteiger charge is -2.35. The van der Waals surface area contributed by atoms with Gasteiger partial charge in [0.1, 0.15) is 0 Å². The molecule has 0 aliphatic rings. The van der Waals surface area contributed by atoms with Crippen molar-refractivity contribution < 1.29 is 18.5 Å². The largest absolute Gasteiger partial charge is 0.385 e. The molecule has 0 spiro atoms. The minimum Gasteiger partial charge on any atom is -0.320 e. The summed E-state index contributed by atoms with van der Waals surface area (Å²) in [5.74, 6) is -0.339. The molecule has 0 bridgehead atoms. The number of quaternary nitrogens is 1. The van der Waals surface area contributed by atoms with Crippen LogP contribution in [0.5, 0.6) is 0 Å². The Morgan fingerprint density at radius 2 is 1.23 bits per heavy atom. The zero-order chi connectivity index (χ0) is 22.7. The monoisotopic (exact) mass is 446 g/mol. The Balaban J connectivity index is 3.63. The van der Waals surface area contributed by atoms with Gasteiger partial charge in [-0.25, -0.2) is 0 Å². The van der Waals surface area contributed by atoms with Gasteiger partial charge in [-0.15, -0.1) is 0 Å². The molecule has 0 aliphatic carbocycles. The van der Waals surface area contributed by atoms with Crippen LogP contribution in [0.1, 0.15) is 117 Å². The molecule has 180 valence electrons. The van der Waals surface area contributed by atoms with E-state index in [1.807, 2.05) is 28.1 Å². The van der Waals surface area contributed by atoms with Crippen molar-refractivity contribution in [1.29, 1.82) is 0 Å². The van der Waals surface area contributed by atoms with E-state index in [-0.39, 0.29) is 5.78 Å². The molecule has 2 atom stereocenters. The number of nitrogens with zero attached hydrogens (tertiary/aromatic N) is 1.